The van der Waals surface area contributed by atoms with E-state index in [-0.39, 0.29) is 5.82 Å². The molecule has 0 fully saturated rings. The Balaban J connectivity index is 2.01. The molecule has 3 nitrogen and oxygen atoms in total. The first kappa shape index (κ1) is 13.0. The minimum atomic E-state index is -0.343. The Morgan fingerprint density at radius 3 is 2.64 bits per heavy atom. The van der Waals surface area contributed by atoms with Crippen LogP contribution in [0.15, 0.2) is 60.8 Å². The van der Waals surface area contributed by atoms with Crippen LogP contribution in [0.3, 0.4) is 0 Å². The average molecular weight is 291 g/mol. The van der Waals surface area contributed by atoms with Gasteiger partial charge < -0.3 is 5.73 Å². The van der Waals surface area contributed by atoms with Gasteiger partial charge in [0.15, 0.2) is 11.5 Å². The summed E-state index contributed by atoms with van der Waals surface area (Å²) in [6.07, 6.45) is 1.79. The highest BCUT2D eigenvalue weighted by Gasteiger charge is 2.15. The Morgan fingerprint density at radius 1 is 1.00 bits per heavy atom. The van der Waals surface area contributed by atoms with Crippen molar-refractivity contribution in [3.8, 4) is 11.3 Å². The summed E-state index contributed by atoms with van der Waals surface area (Å²) in [5.74, 6) is -0.343. The third-order valence-corrected chi connectivity index (χ3v) is 3.92. The molecule has 4 aromatic rings. The van der Waals surface area contributed by atoms with E-state index in [1.165, 1.54) is 6.07 Å². The zero-order valence-electron chi connectivity index (χ0n) is 11.8. The Morgan fingerprint density at radius 2 is 1.82 bits per heavy atom. The molecule has 0 spiro atoms. The van der Waals surface area contributed by atoms with Crippen LogP contribution in [0.5, 0.6) is 0 Å². The Labute approximate surface area is 126 Å². The number of nitrogens with two attached hydrogens (primary N) is 1. The molecule has 0 atom stereocenters. The molecule has 2 aromatic carbocycles. The Bertz CT molecular complexity index is 988. The molecule has 2 aromatic heterocycles. The number of aromatic nitrogens is 2. The molecule has 22 heavy (non-hydrogen) atoms. The first-order chi connectivity index (χ1) is 10.8. The first-order valence-electron chi connectivity index (χ1n) is 7.12. The zero-order valence-corrected chi connectivity index (χ0v) is 11.8. The van der Waals surface area contributed by atoms with Crippen molar-refractivity contribution >= 4 is 16.4 Å². The fourth-order valence-corrected chi connectivity index (χ4v) is 2.85. The summed E-state index contributed by atoms with van der Waals surface area (Å²) in [4.78, 5) is 4.47. The van der Waals surface area contributed by atoms with Gasteiger partial charge in [0.25, 0.3) is 0 Å². The Kier molecular flexibility index (Phi) is 2.91. The topological polar surface area (TPSA) is 43.3 Å². The van der Waals surface area contributed by atoms with Gasteiger partial charge in [0.1, 0.15) is 0 Å². The maximum absolute atomic E-state index is 14.0. The van der Waals surface area contributed by atoms with Crippen LogP contribution in [-0.2, 0) is 6.54 Å². The first-order valence-corrected chi connectivity index (χ1v) is 7.12. The lowest BCUT2D eigenvalue weighted by atomic mass is 10.0. The molecule has 0 amide bonds. The number of nitrogens with zero attached hydrogens (tertiary/aromatic N) is 2. The highest BCUT2D eigenvalue weighted by atomic mass is 19.1. The van der Waals surface area contributed by atoms with Crippen LogP contribution in [0.1, 0.15) is 5.69 Å². The van der Waals surface area contributed by atoms with Crippen molar-refractivity contribution in [1.29, 1.82) is 0 Å². The van der Waals surface area contributed by atoms with E-state index in [0.717, 1.165) is 27.7 Å². The van der Waals surface area contributed by atoms with E-state index in [2.05, 4.69) is 23.2 Å². The summed E-state index contributed by atoms with van der Waals surface area (Å²) < 4.78 is 15.7. The fraction of sp³-hybridized carbons (Fsp3) is 0.0556. The third kappa shape index (κ3) is 1.89. The monoisotopic (exact) mass is 291 g/mol. The van der Waals surface area contributed by atoms with E-state index in [1.807, 2.05) is 24.3 Å². The molecule has 0 bridgehead atoms. The van der Waals surface area contributed by atoms with E-state index >= 15 is 0 Å². The lowest BCUT2D eigenvalue weighted by Crippen LogP contribution is -2.02. The lowest BCUT2D eigenvalue weighted by Gasteiger charge is -2.04. The van der Waals surface area contributed by atoms with Gasteiger partial charge in [-0.2, -0.15) is 0 Å². The van der Waals surface area contributed by atoms with Gasteiger partial charge in [0.2, 0.25) is 0 Å². The molecule has 0 aliphatic rings. The lowest BCUT2D eigenvalue weighted by molar-refractivity contribution is 0.629. The molecule has 4 rings (SSSR count). The second-order valence-electron chi connectivity index (χ2n) is 5.22. The van der Waals surface area contributed by atoms with Gasteiger partial charge in [-0.1, -0.05) is 36.4 Å². The number of imidazole rings is 1. The highest BCUT2D eigenvalue weighted by Crippen LogP contribution is 2.28. The molecular weight excluding hydrogens is 277 g/mol. The third-order valence-electron chi connectivity index (χ3n) is 3.92. The molecule has 2 heterocycles. The van der Waals surface area contributed by atoms with Crippen molar-refractivity contribution in [1.82, 2.24) is 9.38 Å². The molecule has 0 saturated carbocycles. The van der Waals surface area contributed by atoms with Gasteiger partial charge in [-0.3, -0.25) is 4.40 Å². The van der Waals surface area contributed by atoms with Crippen molar-refractivity contribution in [3.63, 3.8) is 0 Å². The van der Waals surface area contributed by atoms with Gasteiger partial charge >= 0.3 is 0 Å². The molecule has 0 aliphatic heterocycles. The van der Waals surface area contributed by atoms with Crippen LogP contribution in [0, 0.1) is 5.82 Å². The van der Waals surface area contributed by atoms with Crippen molar-refractivity contribution in [2.75, 3.05) is 0 Å². The SMILES string of the molecule is NCc1c(-c2ccc3ccccc3c2)nc2c(F)cccn12. The largest absolute Gasteiger partial charge is 0.325 e. The van der Waals surface area contributed by atoms with Gasteiger partial charge in [-0.05, 0) is 29.0 Å². The number of rotatable bonds is 2. The summed E-state index contributed by atoms with van der Waals surface area (Å²) >= 11 is 0. The molecule has 2 N–H and O–H groups in total. The van der Waals surface area contributed by atoms with Crippen LogP contribution in [0.25, 0.3) is 27.7 Å². The standard InChI is InChI=1S/C18H14FN3/c19-15-6-3-9-22-16(11-20)17(21-18(15)22)14-8-7-12-4-1-2-5-13(12)10-14/h1-10H,11,20H2. The maximum atomic E-state index is 14.0. The average Bonchev–Trinajstić information content (AvgIpc) is 2.94. The molecule has 108 valence electrons. The second-order valence-corrected chi connectivity index (χ2v) is 5.22. The van der Waals surface area contributed by atoms with Crippen LogP contribution < -0.4 is 5.73 Å². The zero-order chi connectivity index (χ0) is 15.1. The number of pyridine rings is 1. The number of benzene rings is 2. The number of hydrogen-bond acceptors (Lipinski definition) is 2. The molecule has 4 heteroatoms. The van der Waals surface area contributed by atoms with Gasteiger partial charge in [0, 0.05) is 18.3 Å². The summed E-state index contributed by atoms with van der Waals surface area (Å²) in [6, 6.07) is 17.3. The van der Waals surface area contributed by atoms with Crippen molar-refractivity contribution in [2.45, 2.75) is 6.54 Å². The van der Waals surface area contributed by atoms with E-state index < -0.39 is 0 Å². The second kappa shape index (κ2) is 4.93. The summed E-state index contributed by atoms with van der Waals surface area (Å²) in [6.45, 7) is 0.298. The minimum absolute atomic E-state index is 0.298. The highest BCUT2D eigenvalue weighted by molar-refractivity contribution is 5.87. The quantitative estimate of drug-likeness (QED) is 0.611. The predicted molar refractivity (Wildman–Crippen MR) is 86.0 cm³/mol. The predicted octanol–water partition coefficient (Wildman–Crippen LogP) is 3.75. The van der Waals surface area contributed by atoms with E-state index in [0.29, 0.717) is 12.2 Å². The Hall–Kier alpha value is -2.72. The van der Waals surface area contributed by atoms with Gasteiger partial charge in [0.05, 0.1) is 11.4 Å². The molecule has 0 aliphatic carbocycles. The molecule has 0 unspecified atom stereocenters. The maximum Gasteiger partial charge on any atom is 0.174 e. The minimum Gasteiger partial charge on any atom is -0.325 e. The van der Waals surface area contributed by atoms with Crippen molar-refractivity contribution in [3.05, 3.63) is 72.3 Å². The molecule has 0 saturated heterocycles. The van der Waals surface area contributed by atoms with E-state index in [1.54, 1.807) is 16.7 Å². The number of halogens is 1. The van der Waals surface area contributed by atoms with Crippen LogP contribution >= 0.6 is 0 Å². The normalized spacial score (nSPS) is 11.4. The van der Waals surface area contributed by atoms with E-state index in [9.17, 15) is 4.39 Å². The molecular formula is C18H14FN3. The van der Waals surface area contributed by atoms with Crippen LogP contribution in [0.2, 0.25) is 0 Å². The fourth-order valence-electron chi connectivity index (χ4n) is 2.85. The number of hydrogen-bond donors (Lipinski definition) is 1. The van der Waals surface area contributed by atoms with E-state index in [4.69, 9.17) is 5.73 Å². The summed E-state index contributed by atoms with van der Waals surface area (Å²) in [5, 5.41) is 2.29. The van der Waals surface area contributed by atoms with Crippen LogP contribution in [0.4, 0.5) is 4.39 Å². The van der Waals surface area contributed by atoms with Gasteiger partial charge in [-0.15, -0.1) is 0 Å². The molecule has 0 radical (unpaired) electrons. The van der Waals surface area contributed by atoms with Crippen molar-refractivity contribution < 1.29 is 4.39 Å². The number of fused-ring (bicyclic) bond motifs is 2. The van der Waals surface area contributed by atoms with Gasteiger partial charge in [-0.25, -0.2) is 9.37 Å². The van der Waals surface area contributed by atoms with Crippen molar-refractivity contribution in [2.24, 2.45) is 5.73 Å². The summed E-state index contributed by atoms with van der Waals surface area (Å²) in [5.41, 5.74) is 8.68. The van der Waals surface area contributed by atoms with Crippen LogP contribution in [-0.4, -0.2) is 9.38 Å². The summed E-state index contributed by atoms with van der Waals surface area (Å²) in [7, 11) is 0. The smallest absolute Gasteiger partial charge is 0.174 e.